The van der Waals surface area contributed by atoms with Crippen molar-refractivity contribution in [2.75, 3.05) is 44.7 Å². The van der Waals surface area contributed by atoms with E-state index < -0.39 is 11.9 Å². The lowest BCUT2D eigenvalue weighted by Crippen LogP contribution is -2.46. The molecular formula is C18H24N4O5. The number of fused-ring (bicyclic) bond motifs is 1. The molecule has 0 spiro atoms. The van der Waals surface area contributed by atoms with Crippen LogP contribution in [0.4, 0.5) is 10.5 Å². The highest BCUT2D eigenvalue weighted by Crippen LogP contribution is 2.32. The van der Waals surface area contributed by atoms with E-state index in [4.69, 9.17) is 9.47 Å². The first-order valence-electron chi connectivity index (χ1n) is 8.62. The van der Waals surface area contributed by atoms with Crippen LogP contribution in [0.15, 0.2) is 30.9 Å². The lowest BCUT2D eigenvalue weighted by molar-refractivity contribution is -0.122. The monoisotopic (exact) mass is 376 g/mol. The summed E-state index contributed by atoms with van der Waals surface area (Å²) in [6, 6.07) is 4.55. The number of imide groups is 1. The minimum Gasteiger partial charge on any atom is -0.486 e. The topological polar surface area (TPSA) is 109 Å². The fourth-order valence-corrected chi connectivity index (χ4v) is 2.38. The predicted octanol–water partition coefficient (Wildman–Crippen LogP) is 0.730. The molecule has 3 N–H and O–H groups in total. The highest BCUT2D eigenvalue weighted by molar-refractivity contribution is 5.96. The number of ether oxygens (including phenoxy) is 2. The van der Waals surface area contributed by atoms with Crippen molar-refractivity contribution in [2.24, 2.45) is 0 Å². The first-order valence-corrected chi connectivity index (χ1v) is 8.62. The van der Waals surface area contributed by atoms with E-state index in [0.29, 0.717) is 36.9 Å². The maximum Gasteiger partial charge on any atom is 0.321 e. The van der Waals surface area contributed by atoms with Crippen LogP contribution in [0.1, 0.15) is 6.92 Å². The van der Waals surface area contributed by atoms with Gasteiger partial charge in [0.25, 0.3) is 0 Å². The maximum absolute atomic E-state index is 12.2. The van der Waals surface area contributed by atoms with Crippen molar-refractivity contribution in [2.45, 2.75) is 6.92 Å². The van der Waals surface area contributed by atoms with Crippen molar-refractivity contribution in [3.8, 4) is 11.5 Å². The number of hydrogen-bond acceptors (Lipinski definition) is 6. The number of likely N-dealkylation sites (N-methyl/N-ethyl adjacent to an activating group) is 1. The van der Waals surface area contributed by atoms with E-state index in [-0.39, 0.29) is 25.5 Å². The molecule has 27 heavy (non-hydrogen) atoms. The second kappa shape index (κ2) is 10.2. The number of nitrogens with one attached hydrogen (secondary N) is 3. The quantitative estimate of drug-likeness (QED) is 0.577. The summed E-state index contributed by atoms with van der Waals surface area (Å²) in [5, 5.41) is 7.40. The zero-order valence-electron chi connectivity index (χ0n) is 15.2. The van der Waals surface area contributed by atoms with Crippen molar-refractivity contribution in [3.05, 3.63) is 30.9 Å². The van der Waals surface area contributed by atoms with Gasteiger partial charge in [-0.1, -0.05) is 13.0 Å². The van der Waals surface area contributed by atoms with Crippen LogP contribution in [0, 0.1) is 0 Å². The SMILES string of the molecule is C=CCNC(=O)NC(=O)CN(CC)CC(=O)Nc1ccc2c(c1)OCCO2. The number of nitrogens with zero attached hydrogens (tertiary/aromatic N) is 1. The predicted molar refractivity (Wildman–Crippen MR) is 99.9 cm³/mol. The third-order valence-electron chi connectivity index (χ3n) is 3.67. The molecule has 0 radical (unpaired) electrons. The summed E-state index contributed by atoms with van der Waals surface area (Å²) in [5.41, 5.74) is 0.577. The lowest BCUT2D eigenvalue weighted by atomic mass is 10.2. The van der Waals surface area contributed by atoms with Crippen molar-refractivity contribution < 1.29 is 23.9 Å². The number of benzene rings is 1. The van der Waals surface area contributed by atoms with Gasteiger partial charge in [0.15, 0.2) is 11.5 Å². The highest BCUT2D eigenvalue weighted by atomic mass is 16.6. The zero-order chi connectivity index (χ0) is 19.6. The number of rotatable bonds is 8. The van der Waals surface area contributed by atoms with Gasteiger partial charge in [0, 0.05) is 18.3 Å². The average molecular weight is 376 g/mol. The Morgan fingerprint density at radius 2 is 1.85 bits per heavy atom. The Morgan fingerprint density at radius 1 is 1.15 bits per heavy atom. The van der Waals surface area contributed by atoms with Crippen LogP contribution in [0.2, 0.25) is 0 Å². The fourth-order valence-electron chi connectivity index (χ4n) is 2.38. The molecule has 0 aliphatic carbocycles. The van der Waals surface area contributed by atoms with E-state index in [1.165, 1.54) is 6.08 Å². The summed E-state index contributed by atoms with van der Waals surface area (Å²) in [4.78, 5) is 37.2. The van der Waals surface area contributed by atoms with Crippen LogP contribution < -0.4 is 25.4 Å². The third kappa shape index (κ3) is 6.63. The third-order valence-corrected chi connectivity index (χ3v) is 3.67. The van der Waals surface area contributed by atoms with Gasteiger partial charge in [-0.05, 0) is 18.7 Å². The molecule has 0 bridgehead atoms. The van der Waals surface area contributed by atoms with E-state index in [9.17, 15) is 14.4 Å². The Morgan fingerprint density at radius 3 is 2.56 bits per heavy atom. The molecule has 2 rings (SSSR count). The highest BCUT2D eigenvalue weighted by Gasteiger charge is 2.16. The molecule has 0 saturated heterocycles. The molecule has 146 valence electrons. The first-order chi connectivity index (χ1) is 13.0. The van der Waals surface area contributed by atoms with Gasteiger partial charge in [0.05, 0.1) is 13.1 Å². The molecule has 1 aromatic rings. The van der Waals surface area contributed by atoms with Crippen LogP contribution in [0.3, 0.4) is 0 Å². The number of carbonyl (C=O) groups is 3. The Bertz CT molecular complexity index is 707. The van der Waals surface area contributed by atoms with Gasteiger partial charge in [-0.2, -0.15) is 0 Å². The molecule has 0 aromatic heterocycles. The van der Waals surface area contributed by atoms with Gasteiger partial charge in [-0.15, -0.1) is 6.58 Å². The molecule has 0 atom stereocenters. The van der Waals surface area contributed by atoms with Gasteiger partial charge >= 0.3 is 6.03 Å². The molecule has 0 fully saturated rings. The van der Waals surface area contributed by atoms with Crippen LogP contribution in [0.25, 0.3) is 0 Å². The molecule has 0 unspecified atom stereocenters. The van der Waals surface area contributed by atoms with E-state index in [1.807, 2.05) is 6.92 Å². The molecule has 0 saturated carbocycles. The molecule has 1 aliphatic rings. The summed E-state index contributed by atoms with van der Waals surface area (Å²) in [5.74, 6) is 0.445. The van der Waals surface area contributed by atoms with Gasteiger partial charge in [0.1, 0.15) is 13.2 Å². The van der Waals surface area contributed by atoms with Crippen LogP contribution in [0.5, 0.6) is 11.5 Å². The van der Waals surface area contributed by atoms with Gasteiger partial charge in [0.2, 0.25) is 11.8 Å². The largest absolute Gasteiger partial charge is 0.486 e. The van der Waals surface area contributed by atoms with Crippen LogP contribution in [-0.4, -0.2) is 62.1 Å². The molecule has 9 nitrogen and oxygen atoms in total. The summed E-state index contributed by atoms with van der Waals surface area (Å²) in [6.07, 6.45) is 1.50. The zero-order valence-corrected chi connectivity index (χ0v) is 15.2. The van der Waals surface area contributed by atoms with Crippen molar-refractivity contribution in [1.82, 2.24) is 15.5 Å². The van der Waals surface area contributed by atoms with Gasteiger partial charge < -0.3 is 20.1 Å². The van der Waals surface area contributed by atoms with Crippen LogP contribution >= 0.6 is 0 Å². The number of carbonyl (C=O) groups excluding carboxylic acids is 3. The standard InChI is InChI=1S/C18H24N4O5/c1-3-7-19-18(25)21-17(24)12-22(4-2)11-16(23)20-13-5-6-14-15(10-13)27-9-8-26-14/h3,5-6,10H,1,4,7-9,11-12H2,2H3,(H,20,23)(H2,19,21,24,25). The number of urea groups is 1. The van der Waals surface area contributed by atoms with Gasteiger partial charge in [-0.25, -0.2) is 4.79 Å². The van der Waals surface area contributed by atoms with E-state index >= 15 is 0 Å². The van der Waals surface area contributed by atoms with Crippen LogP contribution in [-0.2, 0) is 9.59 Å². The molecular weight excluding hydrogens is 352 g/mol. The Labute approximate surface area is 157 Å². The van der Waals surface area contributed by atoms with E-state index in [2.05, 4.69) is 22.5 Å². The molecule has 1 aliphatic heterocycles. The smallest absolute Gasteiger partial charge is 0.321 e. The van der Waals surface area contributed by atoms with Crippen molar-refractivity contribution >= 4 is 23.5 Å². The maximum atomic E-state index is 12.2. The van der Waals surface area contributed by atoms with Gasteiger partial charge in [-0.3, -0.25) is 19.8 Å². The lowest BCUT2D eigenvalue weighted by Gasteiger charge is -2.20. The summed E-state index contributed by atoms with van der Waals surface area (Å²) in [6.45, 7) is 6.91. The number of hydrogen-bond donors (Lipinski definition) is 3. The Kier molecular flexibility index (Phi) is 7.63. The van der Waals surface area contributed by atoms with E-state index in [0.717, 1.165) is 0 Å². The first kappa shape index (κ1) is 20.2. The number of anilines is 1. The normalized spacial score (nSPS) is 12.2. The number of amides is 4. The summed E-state index contributed by atoms with van der Waals surface area (Å²) >= 11 is 0. The fraction of sp³-hybridized carbons (Fsp3) is 0.389. The molecule has 1 heterocycles. The van der Waals surface area contributed by atoms with E-state index in [1.54, 1.807) is 23.1 Å². The van der Waals surface area contributed by atoms with Crippen molar-refractivity contribution in [3.63, 3.8) is 0 Å². The summed E-state index contributed by atoms with van der Waals surface area (Å²) in [7, 11) is 0. The second-order valence-electron chi connectivity index (χ2n) is 5.76. The summed E-state index contributed by atoms with van der Waals surface area (Å²) < 4.78 is 10.9. The Hall–Kier alpha value is -3.07. The molecule has 9 heteroatoms. The second-order valence-corrected chi connectivity index (χ2v) is 5.76. The average Bonchev–Trinajstić information content (AvgIpc) is 2.65. The molecule has 1 aromatic carbocycles. The van der Waals surface area contributed by atoms with Crippen molar-refractivity contribution in [1.29, 1.82) is 0 Å². The molecule has 4 amide bonds. The Balaban J connectivity index is 1.82. The minimum absolute atomic E-state index is 0.00659. The minimum atomic E-state index is -0.600.